The van der Waals surface area contributed by atoms with Gasteiger partial charge in [0.15, 0.2) is 0 Å². The predicted octanol–water partition coefficient (Wildman–Crippen LogP) is 2.36. The average Bonchev–Trinajstić information content (AvgIpc) is 3.27. The Bertz CT molecular complexity index is 1360. The van der Waals surface area contributed by atoms with Gasteiger partial charge in [0.2, 0.25) is 0 Å². The number of hydrogen-bond acceptors (Lipinski definition) is 5. The van der Waals surface area contributed by atoms with E-state index >= 15 is 0 Å². The fourth-order valence-electron chi connectivity index (χ4n) is 3.56. The van der Waals surface area contributed by atoms with Crippen molar-refractivity contribution in [3.05, 3.63) is 58.4 Å². The van der Waals surface area contributed by atoms with Gasteiger partial charge in [-0.1, -0.05) is 6.07 Å². The van der Waals surface area contributed by atoms with E-state index in [4.69, 9.17) is 0 Å². The molecule has 0 spiro atoms. The quantitative estimate of drug-likeness (QED) is 0.688. The molecule has 1 aliphatic rings. The molecule has 2 aromatic carbocycles. The second-order valence-corrected chi connectivity index (χ2v) is 8.73. The largest absolute Gasteiger partial charge is 0.302 e. The highest BCUT2D eigenvalue weighted by Crippen LogP contribution is 2.33. The van der Waals surface area contributed by atoms with E-state index in [0.717, 1.165) is 18.9 Å². The summed E-state index contributed by atoms with van der Waals surface area (Å²) in [6, 6.07) is 8.81. The highest BCUT2D eigenvalue weighted by atomic mass is 32.2. The van der Waals surface area contributed by atoms with E-state index in [2.05, 4.69) is 9.71 Å². The van der Waals surface area contributed by atoms with E-state index in [1.807, 2.05) is 6.07 Å². The van der Waals surface area contributed by atoms with E-state index in [1.54, 1.807) is 19.2 Å². The third-order valence-corrected chi connectivity index (χ3v) is 6.64. The monoisotopic (exact) mass is 427 g/mol. The third-order valence-electron chi connectivity index (χ3n) is 5.12. The van der Waals surface area contributed by atoms with Gasteiger partial charge in [0.25, 0.3) is 5.56 Å². The van der Waals surface area contributed by atoms with Crippen LogP contribution in [0.1, 0.15) is 18.4 Å². The van der Waals surface area contributed by atoms with Gasteiger partial charge in [-0.3, -0.25) is 9.52 Å². The molecule has 0 atom stereocenters. The number of fused-ring (bicyclic) bond motifs is 1. The lowest BCUT2D eigenvalue weighted by Crippen LogP contribution is -2.33. The Morgan fingerprint density at radius 2 is 1.93 bits per heavy atom. The number of nitrogens with one attached hydrogen (secondary N) is 1. The van der Waals surface area contributed by atoms with Crippen molar-refractivity contribution in [3.8, 4) is 17.2 Å². The summed E-state index contributed by atoms with van der Waals surface area (Å²) in [4.78, 5) is 16.6. The Labute approximate surface area is 172 Å². The number of nitriles is 1. The zero-order valence-electron chi connectivity index (χ0n) is 16.1. The van der Waals surface area contributed by atoms with Crippen LogP contribution < -0.4 is 10.3 Å². The summed E-state index contributed by atoms with van der Waals surface area (Å²) in [5.74, 6) is -0.698. The fraction of sp³-hybridized carbons (Fsp3) is 0.250. The minimum absolute atomic E-state index is 0.0139. The number of halogens is 1. The number of rotatable bonds is 4. The average molecular weight is 427 g/mol. The van der Waals surface area contributed by atoms with Gasteiger partial charge in [-0.2, -0.15) is 18.0 Å². The highest BCUT2D eigenvalue weighted by Gasteiger charge is 2.27. The molecule has 0 aliphatic carbocycles. The van der Waals surface area contributed by atoms with Crippen LogP contribution in [0.25, 0.3) is 22.0 Å². The summed E-state index contributed by atoms with van der Waals surface area (Å²) in [7, 11) is -2.31. The number of aryl methyl sites for hydroxylation is 1. The predicted molar refractivity (Wildman–Crippen MR) is 110 cm³/mol. The van der Waals surface area contributed by atoms with E-state index in [9.17, 15) is 22.9 Å². The molecule has 3 aromatic rings. The first-order valence-electron chi connectivity index (χ1n) is 9.28. The zero-order chi connectivity index (χ0) is 21.5. The molecule has 10 heteroatoms. The maximum absolute atomic E-state index is 14.8. The summed E-state index contributed by atoms with van der Waals surface area (Å²) < 4.78 is 45.0. The topological polar surface area (TPSA) is 108 Å². The summed E-state index contributed by atoms with van der Waals surface area (Å²) in [5.41, 5.74) is 0.159. The Balaban J connectivity index is 1.86. The normalized spacial score (nSPS) is 14.7. The van der Waals surface area contributed by atoms with Gasteiger partial charge in [0.05, 0.1) is 28.5 Å². The smallest absolute Gasteiger partial charge is 0.301 e. The van der Waals surface area contributed by atoms with Crippen LogP contribution in [0.3, 0.4) is 0 Å². The number of aromatic nitrogens is 2. The zero-order valence-corrected chi connectivity index (χ0v) is 16.9. The molecular weight excluding hydrogens is 409 g/mol. The molecule has 2 heterocycles. The second-order valence-electron chi connectivity index (χ2n) is 7.06. The summed E-state index contributed by atoms with van der Waals surface area (Å²) in [6.45, 7) is 0.790. The molecule has 0 bridgehead atoms. The minimum Gasteiger partial charge on any atom is -0.302 e. The van der Waals surface area contributed by atoms with Crippen molar-refractivity contribution in [1.29, 1.82) is 5.26 Å². The lowest BCUT2D eigenvalue weighted by atomic mass is 9.97. The standard InChI is InChI=1S/C20H18FN5O3S/c1-25-12-23-17-6-4-13(10-14(17)20(25)27)19-15(11-22)18(7-5-16(19)21)24-30(28,29)26-8-2-3-9-26/h4-7,10,12,24H,2-3,8-9H2,1H3. The third kappa shape index (κ3) is 3.42. The van der Waals surface area contributed by atoms with Crippen LogP contribution in [-0.2, 0) is 17.3 Å². The van der Waals surface area contributed by atoms with Crippen LogP contribution >= 0.6 is 0 Å². The van der Waals surface area contributed by atoms with Crippen LogP contribution in [0.5, 0.6) is 0 Å². The van der Waals surface area contributed by atoms with E-state index in [0.29, 0.717) is 18.6 Å². The maximum Gasteiger partial charge on any atom is 0.301 e. The molecule has 8 nitrogen and oxygen atoms in total. The molecule has 1 N–H and O–H groups in total. The first-order chi connectivity index (χ1) is 14.3. The Kier molecular flexibility index (Phi) is 5.01. The fourth-order valence-corrected chi connectivity index (χ4v) is 4.88. The molecule has 154 valence electrons. The molecule has 1 saturated heterocycles. The Hall–Kier alpha value is -3.29. The molecule has 30 heavy (non-hydrogen) atoms. The van der Waals surface area contributed by atoms with Crippen LogP contribution in [0.2, 0.25) is 0 Å². The van der Waals surface area contributed by atoms with Crippen molar-refractivity contribution in [1.82, 2.24) is 13.9 Å². The molecular formula is C20H18FN5O3S. The second kappa shape index (κ2) is 7.51. The van der Waals surface area contributed by atoms with Gasteiger partial charge >= 0.3 is 10.2 Å². The first-order valence-corrected chi connectivity index (χ1v) is 10.7. The molecule has 1 fully saturated rings. The van der Waals surface area contributed by atoms with Gasteiger partial charge < -0.3 is 4.57 Å². The molecule has 0 unspecified atom stereocenters. The molecule has 0 amide bonds. The van der Waals surface area contributed by atoms with Crippen molar-refractivity contribution < 1.29 is 12.8 Å². The minimum atomic E-state index is -3.86. The van der Waals surface area contributed by atoms with Gasteiger partial charge in [-0.05, 0) is 42.7 Å². The number of nitrogens with zero attached hydrogens (tertiary/aromatic N) is 4. The summed E-state index contributed by atoms with van der Waals surface area (Å²) in [5, 5.41) is 9.98. The van der Waals surface area contributed by atoms with Crippen molar-refractivity contribution in [2.24, 2.45) is 7.05 Å². The molecule has 1 aromatic heterocycles. The summed E-state index contributed by atoms with van der Waals surface area (Å²) >= 11 is 0. The highest BCUT2D eigenvalue weighted by molar-refractivity contribution is 7.90. The molecule has 0 radical (unpaired) electrons. The van der Waals surface area contributed by atoms with Crippen LogP contribution in [0.15, 0.2) is 41.5 Å². The number of anilines is 1. The van der Waals surface area contributed by atoms with Gasteiger partial charge in [-0.25, -0.2) is 9.37 Å². The van der Waals surface area contributed by atoms with Crippen LogP contribution in [-0.4, -0.2) is 35.4 Å². The van der Waals surface area contributed by atoms with Gasteiger partial charge in [0.1, 0.15) is 11.9 Å². The van der Waals surface area contributed by atoms with Gasteiger partial charge in [0, 0.05) is 25.7 Å². The van der Waals surface area contributed by atoms with E-state index < -0.39 is 16.0 Å². The number of benzene rings is 2. The van der Waals surface area contributed by atoms with E-state index in [-0.39, 0.29) is 33.3 Å². The molecule has 4 rings (SSSR count). The van der Waals surface area contributed by atoms with E-state index in [1.165, 1.54) is 27.3 Å². The van der Waals surface area contributed by atoms with Crippen molar-refractivity contribution in [2.45, 2.75) is 12.8 Å². The Morgan fingerprint density at radius 1 is 1.20 bits per heavy atom. The SMILES string of the molecule is Cn1cnc2ccc(-c3c(F)ccc(NS(=O)(=O)N4CCCC4)c3C#N)cc2c1=O. The molecule has 1 aliphatic heterocycles. The van der Waals surface area contributed by atoms with Gasteiger partial charge in [-0.15, -0.1) is 0 Å². The van der Waals surface area contributed by atoms with Crippen LogP contribution in [0.4, 0.5) is 10.1 Å². The lowest BCUT2D eigenvalue weighted by molar-refractivity contribution is 0.482. The van der Waals surface area contributed by atoms with Crippen molar-refractivity contribution >= 4 is 26.8 Å². The van der Waals surface area contributed by atoms with Crippen LogP contribution in [0, 0.1) is 17.1 Å². The Morgan fingerprint density at radius 3 is 2.63 bits per heavy atom. The number of hydrogen-bond donors (Lipinski definition) is 1. The first kappa shape index (κ1) is 20.0. The lowest BCUT2D eigenvalue weighted by Gasteiger charge is -2.18. The van der Waals surface area contributed by atoms with Crippen molar-refractivity contribution in [2.75, 3.05) is 17.8 Å². The van der Waals surface area contributed by atoms with Crippen molar-refractivity contribution in [3.63, 3.8) is 0 Å². The maximum atomic E-state index is 14.8. The molecule has 0 saturated carbocycles. The summed E-state index contributed by atoms with van der Waals surface area (Å²) in [6.07, 6.45) is 2.92.